The van der Waals surface area contributed by atoms with Gasteiger partial charge >= 0.3 is 7.11 Å². The second kappa shape index (κ2) is 4.20. The quantitative estimate of drug-likeness (QED) is 0.587. The van der Waals surface area contributed by atoms with Gasteiger partial charge in [0.1, 0.15) is 5.75 Å². The molecule has 1 aliphatic rings. The zero-order valence-electron chi connectivity index (χ0n) is 9.44. The predicted octanol–water partition coefficient (Wildman–Crippen LogP) is 2.72. The number of benzene rings is 1. The Morgan fingerprint density at radius 3 is 2.41 bits per heavy atom. The van der Waals surface area contributed by atoms with Crippen molar-refractivity contribution in [3.63, 3.8) is 0 Å². The molecular formula is C11H11BF2O3. The molecule has 1 heterocycles. The Hall–Kier alpha value is -1.85. The van der Waals surface area contributed by atoms with Gasteiger partial charge in [0.15, 0.2) is 0 Å². The van der Waals surface area contributed by atoms with Gasteiger partial charge in [-0.15, -0.1) is 0 Å². The van der Waals surface area contributed by atoms with E-state index in [1.54, 1.807) is 24.3 Å². The highest BCUT2D eigenvalue weighted by atomic mass is 19.3. The Bertz CT molecular complexity index is 480. The largest absolute Gasteiger partial charge is 0.994 e. The third-order valence-corrected chi connectivity index (χ3v) is 2.30. The van der Waals surface area contributed by atoms with Gasteiger partial charge in [0.2, 0.25) is 0 Å². The van der Waals surface area contributed by atoms with Crippen LogP contribution in [0.5, 0.6) is 5.75 Å². The summed E-state index contributed by atoms with van der Waals surface area (Å²) in [7, 11) is -2.73. The molecule has 2 rings (SSSR count). The zero-order valence-corrected chi connectivity index (χ0v) is 9.44. The van der Waals surface area contributed by atoms with E-state index in [4.69, 9.17) is 4.74 Å². The minimum atomic E-state index is -4.27. The van der Waals surface area contributed by atoms with Crippen molar-refractivity contribution in [2.75, 3.05) is 7.11 Å². The van der Waals surface area contributed by atoms with E-state index in [2.05, 4.69) is 9.00 Å². The first-order valence-electron chi connectivity index (χ1n) is 5.08. The SMILES string of the molecule is COc1ccc(C2=[O+][B-](F)(F)OC(C)=C2)cc1. The summed E-state index contributed by atoms with van der Waals surface area (Å²) in [4.78, 5) is 0. The Balaban J connectivity index is 2.35. The lowest BCUT2D eigenvalue weighted by Gasteiger charge is -2.17. The monoisotopic (exact) mass is 240 g/mol. The van der Waals surface area contributed by atoms with E-state index in [0.29, 0.717) is 11.3 Å². The molecule has 0 aliphatic carbocycles. The van der Waals surface area contributed by atoms with Crippen molar-refractivity contribution in [2.24, 2.45) is 0 Å². The van der Waals surface area contributed by atoms with Gasteiger partial charge in [0.25, 0.3) is 5.78 Å². The van der Waals surface area contributed by atoms with Crippen molar-refractivity contribution < 1.29 is 22.4 Å². The van der Waals surface area contributed by atoms with Gasteiger partial charge in [-0.25, -0.2) is 0 Å². The zero-order chi connectivity index (χ0) is 12.5. The predicted molar refractivity (Wildman–Crippen MR) is 60.1 cm³/mol. The molecule has 0 bridgehead atoms. The summed E-state index contributed by atoms with van der Waals surface area (Å²) < 4.78 is 39.9. The molecule has 1 aromatic rings. The van der Waals surface area contributed by atoms with Crippen LogP contribution in [-0.4, -0.2) is 20.0 Å². The van der Waals surface area contributed by atoms with Crippen LogP contribution in [0.4, 0.5) is 8.63 Å². The molecule has 0 fully saturated rings. The van der Waals surface area contributed by atoms with E-state index < -0.39 is 7.11 Å². The van der Waals surface area contributed by atoms with Crippen LogP contribution in [0.3, 0.4) is 0 Å². The van der Waals surface area contributed by atoms with Crippen LogP contribution in [0.1, 0.15) is 16.8 Å². The van der Waals surface area contributed by atoms with Gasteiger partial charge in [0.05, 0.1) is 24.5 Å². The Morgan fingerprint density at radius 1 is 1.24 bits per heavy atom. The van der Waals surface area contributed by atoms with Crippen LogP contribution in [0.2, 0.25) is 0 Å². The molecule has 0 atom stereocenters. The molecule has 90 valence electrons. The van der Waals surface area contributed by atoms with Gasteiger partial charge in [-0.2, -0.15) is 0 Å². The van der Waals surface area contributed by atoms with Crippen molar-refractivity contribution in [1.82, 2.24) is 0 Å². The number of halogens is 2. The smallest absolute Gasteiger partial charge is 0.572 e. The summed E-state index contributed by atoms with van der Waals surface area (Å²) in [6, 6.07) is 6.65. The molecule has 0 spiro atoms. The average Bonchev–Trinajstić information content (AvgIpc) is 2.26. The van der Waals surface area contributed by atoms with Crippen LogP contribution in [-0.2, 0) is 4.65 Å². The van der Waals surface area contributed by atoms with E-state index in [-0.39, 0.29) is 11.5 Å². The van der Waals surface area contributed by atoms with Crippen LogP contribution in [0.15, 0.2) is 36.1 Å². The molecule has 0 aromatic heterocycles. The fourth-order valence-corrected chi connectivity index (χ4v) is 1.55. The van der Waals surface area contributed by atoms with E-state index in [9.17, 15) is 8.63 Å². The normalized spacial score (nSPS) is 17.9. The second-order valence-corrected chi connectivity index (χ2v) is 3.62. The summed E-state index contributed by atoms with van der Waals surface area (Å²) in [5.41, 5.74) is 0.551. The third-order valence-electron chi connectivity index (χ3n) is 2.30. The summed E-state index contributed by atoms with van der Waals surface area (Å²) in [6.45, 7) is 1.46. The molecule has 6 heteroatoms. The maximum atomic E-state index is 13.1. The van der Waals surface area contributed by atoms with Crippen LogP contribution < -0.4 is 4.74 Å². The number of rotatable bonds is 2. The van der Waals surface area contributed by atoms with Gasteiger partial charge in [-0.05, 0) is 31.2 Å². The van der Waals surface area contributed by atoms with Gasteiger partial charge in [-0.1, -0.05) is 0 Å². The molecule has 1 aliphatic heterocycles. The first-order valence-corrected chi connectivity index (χ1v) is 5.08. The first-order chi connectivity index (χ1) is 8.00. The maximum Gasteiger partial charge on any atom is 0.994 e. The minimum Gasteiger partial charge on any atom is -0.572 e. The molecule has 0 saturated carbocycles. The van der Waals surface area contributed by atoms with Crippen molar-refractivity contribution in [3.05, 3.63) is 41.7 Å². The minimum absolute atomic E-state index is 0.0985. The molecule has 17 heavy (non-hydrogen) atoms. The van der Waals surface area contributed by atoms with E-state index in [1.807, 2.05) is 0 Å². The maximum absolute atomic E-state index is 13.1. The number of hydrogen-bond acceptors (Lipinski definition) is 2. The van der Waals surface area contributed by atoms with Crippen LogP contribution in [0, 0.1) is 0 Å². The van der Waals surface area contributed by atoms with Crippen molar-refractivity contribution >= 4 is 12.9 Å². The van der Waals surface area contributed by atoms with E-state index in [1.165, 1.54) is 20.1 Å². The molecule has 0 N–H and O–H groups in total. The lowest BCUT2D eigenvalue weighted by Crippen LogP contribution is -2.30. The molecule has 0 amide bonds. The fourth-order valence-electron chi connectivity index (χ4n) is 1.55. The summed E-state index contributed by atoms with van der Waals surface area (Å²) in [5, 5.41) is 0. The van der Waals surface area contributed by atoms with E-state index in [0.717, 1.165) is 0 Å². The lowest BCUT2D eigenvalue weighted by molar-refractivity contribution is -0.189. The van der Waals surface area contributed by atoms with Gasteiger partial charge in [-0.3, -0.25) is 0 Å². The third kappa shape index (κ3) is 2.64. The molecule has 0 saturated heterocycles. The molecule has 0 radical (unpaired) electrons. The van der Waals surface area contributed by atoms with E-state index >= 15 is 0 Å². The highest BCUT2D eigenvalue weighted by molar-refractivity contribution is 6.51. The number of carbonyl (C=O) groups excluding carboxylic acids is 1. The number of ketones is 1. The second-order valence-electron chi connectivity index (χ2n) is 3.62. The van der Waals surface area contributed by atoms with Crippen LogP contribution >= 0.6 is 0 Å². The standard InChI is InChI=1S/C11H11BF2O3/c1-8-7-11(17-12(13,14)16-8)9-3-5-10(15-2)6-4-9/h3-7H,1-2H3. The molecule has 0 unspecified atom stereocenters. The number of allylic oxidation sites excluding steroid dienone is 2. The van der Waals surface area contributed by atoms with Crippen LogP contribution in [0.25, 0.3) is 0 Å². The highest BCUT2D eigenvalue weighted by Gasteiger charge is 2.52. The fraction of sp³-hybridized carbons (Fsp3) is 0.182. The van der Waals surface area contributed by atoms with Crippen molar-refractivity contribution in [2.45, 2.75) is 6.92 Å². The molecule has 1 aromatic carbocycles. The summed E-state index contributed by atoms with van der Waals surface area (Å²) in [5.74, 6) is 0.882. The first kappa shape index (κ1) is 11.6. The lowest BCUT2D eigenvalue weighted by atomic mass is 10.1. The van der Waals surface area contributed by atoms with Gasteiger partial charge < -0.3 is 22.4 Å². The van der Waals surface area contributed by atoms with Crippen molar-refractivity contribution in [3.8, 4) is 5.75 Å². The number of ether oxygens (including phenoxy) is 1. The topological polar surface area (TPSA) is 29.8 Å². The molecule has 3 nitrogen and oxygen atoms in total. The number of methoxy groups -OCH3 is 1. The molecular weight excluding hydrogens is 229 g/mol. The summed E-state index contributed by atoms with van der Waals surface area (Å²) >= 11 is 0. The Morgan fingerprint density at radius 2 is 1.88 bits per heavy atom. The average molecular weight is 240 g/mol. The Labute approximate surface area is 97.4 Å². The van der Waals surface area contributed by atoms with Gasteiger partial charge in [0, 0.05) is 0 Å². The Kier molecular flexibility index (Phi) is 2.87. The number of hydrogen-bond donors (Lipinski definition) is 0. The highest BCUT2D eigenvalue weighted by Crippen LogP contribution is 2.22. The summed E-state index contributed by atoms with van der Waals surface area (Å²) in [6.07, 6.45) is 1.43. The van der Waals surface area contributed by atoms with Crippen molar-refractivity contribution in [1.29, 1.82) is 0 Å².